The Balaban J connectivity index is 1.57. The third kappa shape index (κ3) is 3.47. The van der Waals surface area contributed by atoms with Gasteiger partial charge in [-0.15, -0.1) is 0 Å². The molecule has 0 bridgehead atoms. The summed E-state index contributed by atoms with van der Waals surface area (Å²) in [5, 5.41) is 4.68. The standard InChI is InChI=1S/C16H18ClN3O3/c17-12-3-1-10(2-4-12)13-9-14(23-19-13)16(22)20-7-5-11(6-8-20)15(18)21/h1-4,11,14H,5-9H2,(H2,18,21). The topological polar surface area (TPSA) is 85.0 Å². The minimum Gasteiger partial charge on any atom is -0.382 e. The Labute approximate surface area is 139 Å². The number of piperidine rings is 1. The number of hydrogen-bond donors (Lipinski definition) is 1. The van der Waals surface area contributed by atoms with Gasteiger partial charge in [-0.2, -0.15) is 0 Å². The lowest BCUT2D eigenvalue weighted by Gasteiger charge is -2.31. The van der Waals surface area contributed by atoms with Crippen LogP contribution < -0.4 is 5.73 Å². The van der Waals surface area contributed by atoms with Crippen molar-refractivity contribution in [3.63, 3.8) is 0 Å². The van der Waals surface area contributed by atoms with Crippen molar-refractivity contribution in [2.45, 2.75) is 25.4 Å². The van der Waals surface area contributed by atoms with Gasteiger partial charge in [-0.3, -0.25) is 9.59 Å². The molecule has 3 rings (SSSR count). The van der Waals surface area contributed by atoms with E-state index in [1.807, 2.05) is 12.1 Å². The lowest BCUT2D eigenvalue weighted by molar-refractivity contribution is -0.144. The van der Waals surface area contributed by atoms with E-state index in [0.717, 1.165) is 11.3 Å². The zero-order valence-corrected chi connectivity index (χ0v) is 13.3. The van der Waals surface area contributed by atoms with Crippen molar-refractivity contribution < 1.29 is 14.4 Å². The summed E-state index contributed by atoms with van der Waals surface area (Å²) in [6.07, 6.45) is 1.07. The van der Waals surface area contributed by atoms with Crippen LogP contribution in [0.5, 0.6) is 0 Å². The first-order chi connectivity index (χ1) is 11.0. The third-order valence-corrected chi connectivity index (χ3v) is 4.58. The van der Waals surface area contributed by atoms with Crippen LogP contribution in [0.15, 0.2) is 29.4 Å². The first kappa shape index (κ1) is 15.8. The molecule has 0 aromatic heterocycles. The Morgan fingerprint density at radius 2 is 1.87 bits per heavy atom. The van der Waals surface area contributed by atoms with E-state index in [9.17, 15) is 9.59 Å². The molecule has 1 saturated heterocycles. The molecule has 6 nitrogen and oxygen atoms in total. The average Bonchev–Trinajstić information content (AvgIpc) is 3.05. The van der Waals surface area contributed by atoms with E-state index >= 15 is 0 Å². The van der Waals surface area contributed by atoms with Gasteiger partial charge >= 0.3 is 0 Å². The maximum Gasteiger partial charge on any atom is 0.266 e. The fourth-order valence-electron chi connectivity index (χ4n) is 2.91. The molecule has 0 saturated carbocycles. The number of amides is 2. The largest absolute Gasteiger partial charge is 0.382 e. The minimum absolute atomic E-state index is 0.0827. The molecule has 0 aliphatic carbocycles. The Hall–Kier alpha value is -2.08. The van der Waals surface area contributed by atoms with E-state index in [1.165, 1.54) is 0 Å². The summed E-state index contributed by atoms with van der Waals surface area (Å²) in [4.78, 5) is 30.7. The van der Waals surface area contributed by atoms with Crippen LogP contribution in [0.2, 0.25) is 5.02 Å². The van der Waals surface area contributed by atoms with Crippen LogP contribution in [0.3, 0.4) is 0 Å². The summed E-state index contributed by atoms with van der Waals surface area (Å²) in [5.74, 6) is -0.507. The smallest absolute Gasteiger partial charge is 0.266 e. The Morgan fingerprint density at radius 3 is 2.48 bits per heavy atom. The molecule has 1 aromatic carbocycles. The second-order valence-electron chi connectivity index (χ2n) is 5.84. The molecule has 1 unspecified atom stereocenters. The van der Waals surface area contributed by atoms with Gasteiger partial charge in [0, 0.05) is 30.5 Å². The van der Waals surface area contributed by atoms with Gasteiger partial charge < -0.3 is 15.5 Å². The molecule has 2 N–H and O–H groups in total. The van der Waals surface area contributed by atoms with E-state index in [1.54, 1.807) is 17.0 Å². The summed E-state index contributed by atoms with van der Waals surface area (Å²) in [5.41, 5.74) is 6.95. The van der Waals surface area contributed by atoms with Crippen molar-refractivity contribution in [3.05, 3.63) is 34.9 Å². The van der Waals surface area contributed by atoms with Crippen LogP contribution in [-0.2, 0) is 14.4 Å². The number of likely N-dealkylation sites (tertiary alicyclic amines) is 1. The molecule has 2 aliphatic rings. The van der Waals surface area contributed by atoms with Gasteiger partial charge in [-0.25, -0.2) is 0 Å². The van der Waals surface area contributed by atoms with Crippen LogP contribution in [0, 0.1) is 5.92 Å². The van der Waals surface area contributed by atoms with E-state index in [-0.39, 0.29) is 17.7 Å². The number of halogens is 1. The Morgan fingerprint density at radius 1 is 1.22 bits per heavy atom. The summed E-state index contributed by atoms with van der Waals surface area (Å²) in [6, 6.07) is 7.28. The molecule has 2 amide bonds. The lowest BCUT2D eigenvalue weighted by Crippen LogP contribution is -2.45. The number of primary amides is 1. The van der Waals surface area contributed by atoms with Crippen LogP contribution in [-0.4, -0.2) is 41.6 Å². The zero-order valence-electron chi connectivity index (χ0n) is 12.6. The molecule has 1 aromatic rings. The van der Waals surface area contributed by atoms with Crippen LogP contribution >= 0.6 is 11.6 Å². The second kappa shape index (κ2) is 6.58. The number of rotatable bonds is 3. The number of benzene rings is 1. The monoisotopic (exact) mass is 335 g/mol. The maximum absolute atomic E-state index is 12.5. The number of carbonyl (C=O) groups excluding carboxylic acids is 2. The zero-order chi connectivity index (χ0) is 16.4. The van der Waals surface area contributed by atoms with E-state index < -0.39 is 6.10 Å². The lowest BCUT2D eigenvalue weighted by atomic mass is 9.95. The summed E-state index contributed by atoms with van der Waals surface area (Å²) in [7, 11) is 0. The Bertz CT molecular complexity index is 636. The van der Waals surface area contributed by atoms with Gasteiger partial charge in [0.1, 0.15) is 0 Å². The van der Waals surface area contributed by atoms with Crippen molar-refractivity contribution in [2.24, 2.45) is 16.8 Å². The van der Waals surface area contributed by atoms with E-state index in [2.05, 4.69) is 5.16 Å². The first-order valence-corrected chi connectivity index (χ1v) is 7.99. The quantitative estimate of drug-likeness (QED) is 0.909. The highest BCUT2D eigenvalue weighted by atomic mass is 35.5. The predicted molar refractivity (Wildman–Crippen MR) is 86.0 cm³/mol. The number of carbonyl (C=O) groups is 2. The maximum atomic E-state index is 12.5. The molecule has 0 spiro atoms. The van der Waals surface area contributed by atoms with E-state index in [0.29, 0.717) is 37.4 Å². The van der Waals surface area contributed by atoms with Crippen LogP contribution in [0.4, 0.5) is 0 Å². The predicted octanol–water partition coefficient (Wildman–Crippen LogP) is 1.56. The molecule has 1 atom stereocenters. The molecule has 23 heavy (non-hydrogen) atoms. The van der Waals surface area contributed by atoms with Gasteiger partial charge in [-0.1, -0.05) is 28.9 Å². The molecule has 2 aliphatic heterocycles. The molecule has 2 heterocycles. The highest BCUT2D eigenvalue weighted by molar-refractivity contribution is 6.30. The fraction of sp³-hybridized carbons (Fsp3) is 0.438. The minimum atomic E-state index is -0.592. The number of oxime groups is 1. The highest BCUT2D eigenvalue weighted by Gasteiger charge is 2.34. The van der Waals surface area contributed by atoms with Gasteiger partial charge in [-0.05, 0) is 30.5 Å². The molecule has 1 fully saturated rings. The highest BCUT2D eigenvalue weighted by Crippen LogP contribution is 2.23. The summed E-state index contributed by atoms with van der Waals surface area (Å²) in [6.45, 7) is 1.06. The number of nitrogens with two attached hydrogens (primary N) is 1. The molecular formula is C16H18ClN3O3. The second-order valence-corrected chi connectivity index (χ2v) is 6.28. The number of nitrogens with zero attached hydrogens (tertiary/aromatic N) is 2. The summed E-state index contributed by atoms with van der Waals surface area (Å²) < 4.78 is 0. The van der Waals surface area contributed by atoms with E-state index in [4.69, 9.17) is 22.2 Å². The number of hydrogen-bond acceptors (Lipinski definition) is 4. The van der Waals surface area contributed by atoms with Crippen molar-refractivity contribution in [1.82, 2.24) is 4.90 Å². The molecule has 122 valence electrons. The summed E-state index contributed by atoms with van der Waals surface area (Å²) >= 11 is 5.87. The first-order valence-electron chi connectivity index (χ1n) is 7.61. The molecular weight excluding hydrogens is 318 g/mol. The van der Waals surface area contributed by atoms with Gasteiger partial charge in [0.05, 0.1) is 5.71 Å². The Kier molecular flexibility index (Phi) is 4.52. The van der Waals surface area contributed by atoms with Crippen LogP contribution in [0.25, 0.3) is 0 Å². The van der Waals surface area contributed by atoms with Crippen LogP contribution in [0.1, 0.15) is 24.8 Å². The fourth-order valence-corrected chi connectivity index (χ4v) is 3.04. The molecule has 0 radical (unpaired) electrons. The third-order valence-electron chi connectivity index (χ3n) is 4.33. The average molecular weight is 336 g/mol. The SMILES string of the molecule is NC(=O)C1CCN(C(=O)C2CC(c3ccc(Cl)cc3)=NO2)CC1. The van der Waals surface area contributed by atoms with Gasteiger partial charge in [0.15, 0.2) is 0 Å². The molecule has 7 heteroatoms. The van der Waals surface area contributed by atoms with Gasteiger partial charge in [0.2, 0.25) is 12.0 Å². The van der Waals surface area contributed by atoms with Crippen molar-refractivity contribution in [2.75, 3.05) is 13.1 Å². The van der Waals surface area contributed by atoms with Crippen molar-refractivity contribution in [3.8, 4) is 0 Å². The van der Waals surface area contributed by atoms with Crippen molar-refractivity contribution in [1.29, 1.82) is 0 Å². The normalized spacial score (nSPS) is 21.7. The van der Waals surface area contributed by atoms with Gasteiger partial charge in [0.25, 0.3) is 5.91 Å². The van der Waals surface area contributed by atoms with Crippen molar-refractivity contribution >= 4 is 29.1 Å².